The lowest BCUT2D eigenvalue weighted by atomic mass is 9.41. The number of amides is 1. The Morgan fingerprint density at radius 3 is 2.29 bits per heavy atom. The van der Waals surface area contributed by atoms with Gasteiger partial charge in [0, 0.05) is 36.6 Å². The lowest BCUT2D eigenvalue weighted by Gasteiger charge is -2.63. The van der Waals surface area contributed by atoms with Gasteiger partial charge in [0.25, 0.3) is 0 Å². The van der Waals surface area contributed by atoms with Crippen LogP contribution >= 0.6 is 0 Å². The molecule has 3 saturated heterocycles. The van der Waals surface area contributed by atoms with Gasteiger partial charge in [0.2, 0.25) is 0 Å². The molecule has 8 heteroatoms. The van der Waals surface area contributed by atoms with Crippen molar-refractivity contribution >= 4 is 6.09 Å². The van der Waals surface area contributed by atoms with Gasteiger partial charge in [-0.05, 0) is 131 Å². The van der Waals surface area contributed by atoms with E-state index in [2.05, 4.69) is 46.4 Å². The first-order chi connectivity index (χ1) is 22.5. The third-order valence-corrected chi connectivity index (χ3v) is 17.6. The van der Waals surface area contributed by atoms with E-state index in [4.69, 9.17) is 14.2 Å². The van der Waals surface area contributed by atoms with Crippen LogP contribution in [0.4, 0.5) is 4.79 Å². The smallest absolute Gasteiger partial charge is 0.410 e. The highest BCUT2D eigenvalue weighted by Gasteiger charge is 2.88. The summed E-state index contributed by atoms with van der Waals surface area (Å²) in [5.74, 6) is 2.21. The molecular formula is C40H66N2O6. The first-order valence-corrected chi connectivity index (χ1v) is 19.9. The number of fused-ring (bicyclic) bond motifs is 4. The summed E-state index contributed by atoms with van der Waals surface area (Å²) in [6, 6.07) is 0.524. The van der Waals surface area contributed by atoms with E-state index in [0.717, 1.165) is 51.6 Å². The van der Waals surface area contributed by atoms with Gasteiger partial charge in [-0.3, -0.25) is 4.90 Å². The Morgan fingerprint density at radius 2 is 1.67 bits per heavy atom. The van der Waals surface area contributed by atoms with Gasteiger partial charge < -0.3 is 29.3 Å². The summed E-state index contributed by atoms with van der Waals surface area (Å²) in [4.78, 5) is 17.8. The van der Waals surface area contributed by atoms with E-state index in [-0.39, 0.29) is 57.4 Å². The summed E-state index contributed by atoms with van der Waals surface area (Å²) in [6.45, 7) is 24.8. The van der Waals surface area contributed by atoms with Gasteiger partial charge in [0.1, 0.15) is 12.2 Å². The maximum Gasteiger partial charge on any atom is 0.410 e. The van der Waals surface area contributed by atoms with E-state index < -0.39 is 17.8 Å². The number of aliphatic hydroxyl groups excluding tert-OH is 1. The highest BCUT2D eigenvalue weighted by Crippen LogP contribution is 2.91. The molecule has 1 amide bonds. The maximum atomic E-state index is 13.4. The second-order valence-electron chi connectivity index (χ2n) is 19.7. The molecule has 48 heavy (non-hydrogen) atoms. The van der Waals surface area contributed by atoms with Crippen LogP contribution in [-0.2, 0) is 14.2 Å². The predicted octanol–water partition coefficient (Wildman–Crippen LogP) is 6.12. The second-order valence-corrected chi connectivity index (χ2v) is 19.7. The Bertz CT molecular complexity index is 1290. The number of likely N-dealkylation sites (tertiary alicyclic amines) is 2. The normalized spacial score (nSPS) is 51.6. The van der Waals surface area contributed by atoms with Crippen molar-refractivity contribution in [3.8, 4) is 0 Å². The Hall–Kier alpha value is -0.930. The topological polar surface area (TPSA) is 91.7 Å². The van der Waals surface area contributed by atoms with Crippen molar-refractivity contribution in [2.24, 2.45) is 56.7 Å². The molecule has 2 spiro atoms. The number of hydrogen-bond acceptors (Lipinski definition) is 7. The second kappa shape index (κ2) is 10.8. The fourth-order valence-electron chi connectivity index (χ4n) is 15.1. The van der Waals surface area contributed by atoms with Crippen molar-refractivity contribution in [3.05, 3.63) is 0 Å². The minimum atomic E-state index is -1.03. The van der Waals surface area contributed by atoms with Crippen LogP contribution in [0, 0.1) is 56.7 Å². The number of rotatable bonds is 6. The van der Waals surface area contributed by atoms with E-state index in [1.165, 1.54) is 25.9 Å². The van der Waals surface area contributed by atoms with Crippen molar-refractivity contribution in [2.45, 2.75) is 156 Å². The van der Waals surface area contributed by atoms with Gasteiger partial charge in [-0.2, -0.15) is 0 Å². The predicted molar refractivity (Wildman–Crippen MR) is 184 cm³/mol. The third kappa shape index (κ3) is 4.10. The minimum Gasteiger partial charge on any atom is -0.446 e. The van der Waals surface area contributed by atoms with Crippen LogP contribution in [0.1, 0.15) is 114 Å². The maximum absolute atomic E-state index is 13.4. The molecule has 8 aliphatic rings. The quantitative estimate of drug-likeness (QED) is 0.352. The highest BCUT2D eigenvalue weighted by molar-refractivity contribution is 5.69. The van der Waals surface area contributed by atoms with E-state index in [1.54, 1.807) is 0 Å². The fraction of sp³-hybridized carbons (Fsp3) is 0.975. The van der Waals surface area contributed by atoms with Gasteiger partial charge >= 0.3 is 6.09 Å². The summed E-state index contributed by atoms with van der Waals surface area (Å²) in [6.07, 6.45) is 7.19. The van der Waals surface area contributed by atoms with Gasteiger partial charge in [-0.15, -0.1) is 0 Å². The molecule has 8 rings (SSSR count). The van der Waals surface area contributed by atoms with Crippen LogP contribution in [0.5, 0.6) is 0 Å². The van der Waals surface area contributed by atoms with Gasteiger partial charge in [0.15, 0.2) is 0 Å². The number of ether oxygens (including phenoxy) is 3. The third-order valence-electron chi connectivity index (χ3n) is 17.6. The van der Waals surface area contributed by atoms with Crippen LogP contribution in [-0.4, -0.2) is 101 Å². The molecule has 5 aliphatic carbocycles. The lowest BCUT2D eigenvalue weighted by Crippen LogP contribution is -2.64. The molecular weight excluding hydrogens is 604 g/mol. The lowest BCUT2D eigenvalue weighted by molar-refractivity contribution is -0.215. The zero-order valence-electron chi connectivity index (χ0n) is 31.5. The van der Waals surface area contributed by atoms with Crippen LogP contribution in [0.15, 0.2) is 0 Å². The van der Waals surface area contributed by atoms with E-state index in [0.29, 0.717) is 36.3 Å². The van der Waals surface area contributed by atoms with E-state index in [9.17, 15) is 15.0 Å². The van der Waals surface area contributed by atoms with Crippen LogP contribution < -0.4 is 0 Å². The molecule has 3 aliphatic heterocycles. The zero-order valence-corrected chi connectivity index (χ0v) is 31.5. The van der Waals surface area contributed by atoms with Crippen LogP contribution in [0.2, 0.25) is 0 Å². The molecule has 2 N–H and O–H groups in total. The van der Waals surface area contributed by atoms with Crippen LogP contribution in [0.3, 0.4) is 0 Å². The van der Waals surface area contributed by atoms with Crippen molar-refractivity contribution in [3.63, 3.8) is 0 Å². The van der Waals surface area contributed by atoms with Crippen molar-refractivity contribution in [1.82, 2.24) is 9.80 Å². The van der Waals surface area contributed by atoms with Crippen molar-refractivity contribution < 1.29 is 29.2 Å². The molecule has 0 bridgehead atoms. The Balaban J connectivity index is 1.03. The SMILES string of the molecule is CCOC(C1CC(C)C2C(O1)C(O)C1(C)C3CCC4C(C)(C)C(OC(=O)N5CC(N6CCC6)C5)CCC45C(C)C35CCC21C)C(C)(C)O. The van der Waals surface area contributed by atoms with E-state index in [1.807, 2.05) is 25.7 Å². The first kappa shape index (κ1) is 34.2. The number of aliphatic hydroxyl groups is 2. The van der Waals surface area contributed by atoms with Gasteiger partial charge in [-0.1, -0.05) is 41.5 Å². The molecule has 14 atom stereocenters. The van der Waals surface area contributed by atoms with Gasteiger partial charge in [-0.25, -0.2) is 4.79 Å². The average molecular weight is 671 g/mol. The molecule has 272 valence electrons. The zero-order chi connectivity index (χ0) is 34.4. The molecule has 8 fully saturated rings. The molecule has 0 aromatic rings. The molecule has 3 heterocycles. The van der Waals surface area contributed by atoms with Crippen molar-refractivity contribution in [2.75, 3.05) is 32.8 Å². The van der Waals surface area contributed by atoms with Crippen molar-refractivity contribution in [1.29, 1.82) is 0 Å². The summed E-state index contributed by atoms with van der Waals surface area (Å²) in [7, 11) is 0. The Kier molecular flexibility index (Phi) is 7.69. The summed E-state index contributed by atoms with van der Waals surface area (Å²) in [5, 5.41) is 23.7. The standard InChI is InChI=1S/C40H66N2O6/c1-10-46-33(36(6,7)45)26-20-23(2)30-31(47-26)32(43)38(9)28-13-12-27-35(4,5)29(48-34(44)42-21-25(22-42)41-18-11-19-41)14-15-39(27)24(3)40(28,39)17-16-37(30,38)8/h23-33,43,45H,10-22H2,1-9H3. The Labute approximate surface area is 290 Å². The fourth-order valence-corrected chi connectivity index (χ4v) is 15.1. The van der Waals surface area contributed by atoms with E-state index >= 15 is 0 Å². The summed E-state index contributed by atoms with van der Waals surface area (Å²) < 4.78 is 19.5. The average Bonchev–Trinajstić information content (AvgIpc) is 3.43. The summed E-state index contributed by atoms with van der Waals surface area (Å²) >= 11 is 0. The monoisotopic (exact) mass is 670 g/mol. The van der Waals surface area contributed by atoms with Gasteiger partial charge in [0.05, 0.1) is 23.9 Å². The number of carbonyl (C=O) groups excluding carboxylic acids is 1. The summed E-state index contributed by atoms with van der Waals surface area (Å²) in [5.41, 5.74) is -0.914. The number of carbonyl (C=O) groups is 1. The molecule has 0 aromatic heterocycles. The molecule has 8 nitrogen and oxygen atoms in total. The number of nitrogens with zero attached hydrogens (tertiary/aromatic N) is 2. The largest absolute Gasteiger partial charge is 0.446 e. The molecule has 14 unspecified atom stereocenters. The highest BCUT2D eigenvalue weighted by atomic mass is 16.6. The minimum absolute atomic E-state index is 0.0169. The molecule has 0 aromatic carbocycles. The molecule has 5 saturated carbocycles. The Morgan fingerprint density at radius 1 is 1.00 bits per heavy atom. The number of hydrogen-bond donors (Lipinski definition) is 2. The molecule has 0 radical (unpaired) electrons. The van der Waals surface area contributed by atoms with Crippen LogP contribution in [0.25, 0.3) is 0 Å². The first-order valence-electron chi connectivity index (χ1n) is 19.9.